The molecule has 2 fully saturated rings. The largest absolute Gasteiger partial charge is 0.479 e. The lowest BCUT2D eigenvalue weighted by Gasteiger charge is -2.28. The molecule has 0 aromatic carbocycles. The SMILES string of the molecule is CCC(=O)N1CSCC1C(=O)NC1(C(=O)O)CCOC1. The fourth-order valence-corrected chi connectivity index (χ4v) is 3.49. The van der Waals surface area contributed by atoms with Gasteiger partial charge in [-0.3, -0.25) is 9.59 Å². The number of ether oxygens (including phenoxy) is 1. The number of hydrogen-bond donors (Lipinski definition) is 2. The molecule has 0 saturated carbocycles. The van der Waals surface area contributed by atoms with Crippen LogP contribution in [0.2, 0.25) is 0 Å². The molecule has 2 atom stereocenters. The van der Waals surface area contributed by atoms with Crippen LogP contribution in [0, 0.1) is 0 Å². The fourth-order valence-electron chi connectivity index (χ4n) is 2.31. The summed E-state index contributed by atoms with van der Waals surface area (Å²) in [5.74, 6) is -0.635. The first-order chi connectivity index (χ1) is 9.50. The maximum absolute atomic E-state index is 12.3. The Bertz CT molecular complexity index is 422. The minimum atomic E-state index is -1.36. The van der Waals surface area contributed by atoms with Gasteiger partial charge in [0.15, 0.2) is 5.54 Å². The van der Waals surface area contributed by atoms with Gasteiger partial charge >= 0.3 is 5.97 Å². The normalized spacial score (nSPS) is 29.4. The summed E-state index contributed by atoms with van der Waals surface area (Å²) < 4.78 is 5.10. The number of rotatable bonds is 4. The number of carboxylic acids is 1. The van der Waals surface area contributed by atoms with Gasteiger partial charge in [0.25, 0.3) is 0 Å². The van der Waals surface area contributed by atoms with Gasteiger partial charge in [0.05, 0.1) is 12.5 Å². The Labute approximate surface area is 121 Å². The van der Waals surface area contributed by atoms with E-state index in [1.165, 1.54) is 16.7 Å². The van der Waals surface area contributed by atoms with Crippen LogP contribution in [-0.4, -0.2) is 64.2 Å². The summed E-state index contributed by atoms with van der Waals surface area (Å²) in [7, 11) is 0. The molecular formula is C12H18N2O5S. The van der Waals surface area contributed by atoms with Crippen molar-refractivity contribution in [1.29, 1.82) is 0 Å². The van der Waals surface area contributed by atoms with Gasteiger partial charge in [-0.1, -0.05) is 6.92 Å². The molecule has 8 heteroatoms. The Morgan fingerprint density at radius 3 is 2.80 bits per heavy atom. The Morgan fingerprint density at radius 1 is 1.50 bits per heavy atom. The zero-order valence-electron chi connectivity index (χ0n) is 11.3. The highest BCUT2D eigenvalue weighted by Crippen LogP contribution is 2.24. The predicted molar refractivity (Wildman–Crippen MR) is 72.2 cm³/mol. The van der Waals surface area contributed by atoms with Crippen LogP contribution in [0.1, 0.15) is 19.8 Å². The molecule has 0 aromatic rings. The molecule has 2 saturated heterocycles. The van der Waals surface area contributed by atoms with Crippen molar-refractivity contribution in [2.45, 2.75) is 31.3 Å². The van der Waals surface area contributed by atoms with Crippen molar-refractivity contribution in [3.8, 4) is 0 Å². The molecule has 7 nitrogen and oxygen atoms in total. The average Bonchev–Trinajstić information content (AvgIpc) is 3.06. The molecule has 2 heterocycles. The Balaban J connectivity index is 2.07. The lowest BCUT2D eigenvalue weighted by atomic mass is 9.98. The van der Waals surface area contributed by atoms with Gasteiger partial charge < -0.3 is 20.1 Å². The molecule has 2 amide bonds. The summed E-state index contributed by atoms with van der Waals surface area (Å²) in [4.78, 5) is 36.9. The summed E-state index contributed by atoms with van der Waals surface area (Å²) in [5.41, 5.74) is -1.36. The van der Waals surface area contributed by atoms with E-state index in [-0.39, 0.29) is 18.9 Å². The van der Waals surface area contributed by atoms with Crippen LogP contribution in [0.15, 0.2) is 0 Å². The second-order valence-corrected chi connectivity index (χ2v) is 5.91. The first-order valence-electron chi connectivity index (χ1n) is 6.50. The third-order valence-corrected chi connectivity index (χ3v) is 4.61. The number of carboxylic acid groups (broad SMARTS) is 1. The smallest absolute Gasteiger partial charge is 0.331 e. The van der Waals surface area contributed by atoms with Crippen LogP contribution in [-0.2, 0) is 19.1 Å². The number of nitrogens with zero attached hydrogens (tertiary/aromatic N) is 1. The van der Waals surface area contributed by atoms with Gasteiger partial charge in [0, 0.05) is 25.2 Å². The van der Waals surface area contributed by atoms with Gasteiger partial charge in [-0.25, -0.2) is 4.79 Å². The second kappa shape index (κ2) is 6.01. The molecule has 0 spiro atoms. The molecule has 0 aliphatic carbocycles. The quantitative estimate of drug-likeness (QED) is 0.737. The highest BCUT2D eigenvalue weighted by molar-refractivity contribution is 7.99. The number of nitrogens with one attached hydrogen (secondary N) is 1. The number of carbonyl (C=O) groups is 3. The van der Waals surface area contributed by atoms with Gasteiger partial charge in [0.2, 0.25) is 11.8 Å². The number of amides is 2. The fraction of sp³-hybridized carbons (Fsp3) is 0.750. The summed E-state index contributed by atoms with van der Waals surface area (Å²) in [6, 6.07) is -0.593. The minimum absolute atomic E-state index is 0.0321. The van der Waals surface area contributed by atoms with Gasteiger partial charge in [0.1, 0.15) is 6.04 Å². The first kappa shape index (κ1) is 15.1. The maximum atomic E-state index is 12.3. The van der Waals surface area contributed by atoms with Crippen LogP contribution < -0.4 is 5.32 Å². The van der Waals surface area contributed by atoms with Crippen LogP contribution in [0.4, 0.5) is 0 Å². The molecule has 0 radical (unpaired) electrons. The molecule has 2 unspecified atom stereocenters. The van der Waals surface area contributed by atoms with Crippen molar-refractivity contribution in [2.24, 2.45) is 0 Å². The summed E-state index contributed by atoms with van der Waals surface area (Å²) in [6.07, 6.45) is 0.577. The van der Waals surface area contributed by atoms with E-state index < -0.39 is 23.5 Å². The summed E-state index contributed by atoms with van der Waals surface area (Å²) >= 11 is 1.49. The van der Waals surface area contributed by atoms with Crippen LogP contribution in [0.3, 0.4) is 0 Å². The van der Waals surface area contributed by atoms with Crippen molar-refractivity contribution in [1.82, 2.24) is 10.2 Å². The molecule has 112 valence electrons. The van der Waals surface area contributed by atoms with Crippen molar-refractivity contribution in [3.05, 3.63) is 0 Å². The minimum Gasteiger partial charge on any atom is -0.479 e. The van der Waals surface area contributed by atoms with Gasteiger partial charge in [-0.15, -0.1) is 11.8 Å². The molecule has 2 aliphatic heterocycles. The Kier molecular flexibility index (Phi) is 4.54. The lowest BCUT2D eigenvalue weighted by molar-refractivity contribution is -0.149. The zero-order valence-corrected chi connectivity index (χ0v) is 12.1. The molecule has 0 aromatic heterocycles. The van der Waals surface area contributed by atoms with E-state index in [2.05, 4.69) is 5.32 Å². The average molecular weight is 302 g/mol. The Morgan fingerprint density at radius 2 is 2.25 bits per heavy atom. The number of thioether (sulfide) groups is 1. The molecule has 2 N–H and O–H groups in total. The van der Waals surface area contributed by atoms with E-state index in [9.17, 15) is 19.5 Å². The van der Waals surface area contributed by atoms with Crippen molar-refractivity contribution in [2.75, 3.05) is 24.8 Å². The van der Waals surface area contributed by atoms with Crippen LogP contribution in [0.25, 0.3) is 0 Å². The monoisotopic (exact) mass is 302 g/mol. The van der Waals surface area contributed by atoms with E-state index >= 15 is 0 Å². The van der Waals surface area contributed by atoms with Gasteiger partial charge in [-0.2, -0.15) is 0 Å². The standard InChI is InChI=1S/C12H18N2O5S/c1-2-9(15)14-7-20-5-8(14)10(16)13-12(11(17)18)3-4-19-6-12/h8H,2-7H2,1H3,(H,13,16)(H,17,18). The third kappa shape index (κ3) is 2.76. The number of aliphatic carboxylic acids is 1. The number of carbonyl (C=O) groups excluding carboxylic acids is 2. The topological polar surface area (TPSA) is 95.9 Å². The van der Waals surface area contributed by atoms with E-state index in [4.69, 9.17) is 4.74 Å². The molecule has 0 bridgehead atoms. The molecular weight excluding hydrogens is 284 g/mol. The third-order valence-electron chi connectivity index (χ3n) is 3.60. The van der Waals surface area contributed by atoms with E-state index in [0.717, 1.165) is 0 Å². The lowest BCUT2D eigenvalue weighted by Crippen LogP contribution is -2.59. The van der Waals surface area contributed by atoms with Crippen molar-refractivity contribution < 1.29 is 24.2 Å². The second-order valence-electron chi connectivity index (χ2n) is 4.91. The molecule has 2 rings (SSSR count). The zero-order chi connectivity index (χ0) is 14.8. The highest BCUT2D eigenvalue weighted by Gasteiger charge is 2.46. The summed E-state index contributed by atoms with van der Waals surface area (Å²) in [6.45, 7) is 2.02. The van der Waals surface area contributed by atoms with Crippen LogP contribution >= 0.6 is 11.8 Å². The Hall–Kier alpha value is -1.28. The van der Waals surface area contributed by atoms with E-state index in [1.54, 1.807) is 6.92 Å². The molecule has 20 heavy (non-hydrogen) atoms. The highest BCUT2D eigenvalue weighted by atomic mass is 32.2. The van der Waals surface area contributed by atoms with Gasteiger partial charge in [-0.05, 0) is 0 Å². The predicted octanol–water partition coefficient (Wildman–Crippen LogP) is -0.342. The van der Waals surface area contributed by atoms with Crippen molar-refractivity contribution in [3.63, 3.8) is 0 Å². The maximum Gasteiger partial charge on any atom is 0.331 e. The number of hydrogen-bond acceptors (Lipinski definition) is 5. The first-order valence-corrected chi connectivity index (χ1v) is 7.66. The summed E-state index contributed by atoms with van der Waals surface area (Å²) in [5, 5.41) is 11.9. The van der Waals surface area contributed by atoms with E-state index in [0.29, 0.717) is 24.7 Å². The van der Waals surface area contributed by atoms with Crippen molar-refractivity contribution >= 4 is 29.5 Å². The van der Waals surface area contributed by atoms with Crippen LogP contribution in [0.5, 0.6) is 0 Å². The van der Waals surface area contributed by atoms with E-state index in [1.807, 2.05) is 0 Å². The molecule has 2 aliphatic rings.